The number of nitrogens with two attached hydrogens (primary N) is 1. The Hall–Kier alpha value is -2.94. The van der Waals surface area contributed by atoms with Gasteiger partial charge in [-0.05, 0) is 4.92 Å². The smallest absolute Gasteiger partial charge is 0.358 e. The Morgan fingerprint density at radius 1 is 1.00 bits per heavy atom. The van der Waals surface area contributed by atoms with Crippen molar-refractivity contribution in [1.29, 1.82) is 0 Å². The van der Waals surface area contributed by atoms with Gasteiger partial charge >= 0.3 is 17.7 Å². The summed E-state index contributed by atoms with van der Waals surface area (Å²) in [5.41, 5.74) is -1.59. The van der Waals surface area contributed by atoms with E-state index >= 15 is 0 Å². The SMILES string of the molecule is NN1C([N+](=O)[O-])C([N+](=O)[O-])=C([N+](=O)[O-])N1[N+](=O)[O-]. The third kappa shape index (κ3) is 1.74. The van der Waals surface area contributed by atoms with Crippen LogP contribution in [-0.4, -0.2) is 36.2 Å². The predicted octanol–water partition coefficient (Wildman–Crippen LogP) is -2.09. The molecule has 0 spiro atoms. The van der Waals surface area contributed by atoms with E-state index in [0.29, 0.717) is 0 Å². The molecule has 1 unspecified atom stereocenters. The number of hydrogen-bond acceptors (Lipinski definition) is 10. The zero-order chi connectivity index (χ0) is 14.2. The van der Waals surface area contributed by atoms with E-state index in [9.17, 15) is 40.5 Å². The highest BCUT2D eigenvalue weighted by molar-refractivity contribution is 5.06. The second-order valence-corrected chi connectivity index (χ2v) is 2.79. The lowest BCUT2D eigenvalue weighted by atomic mass is 10.4. The Bertz CT molecular complexity index is 441. The average Bonchev–Trinajstić information content (AvgIpc) is 2.51. The minimum atomic E-state index is -2.52. The van der Waals surface area contributed by atoms with Crippen molar-refractivity contribution >= 4 is 0 Å². The summed E-state index contributed by atoms with van der Waals surface area (Å²) < 4.78 is 0. The van der Waals surface area contributed by atoms with Crippen molar-refractivity contribution in [3.05, 3.63) is 52.0 Å². The average molecular weight is 265 g/mol. The fourth-order valence-electron chi connectivity index (χ4n) is 1.26. The van der Waals surface area contributed by atoms with E-state index in [0.717, 1.165) is 0 Å². The summed E-state index contributed by atoms with van der Waals surface area (Å²) in [4.78, 5) is 37.8. The second-order valence-electron chi connectivity index (χ2n) is 2.79. The van der Waals surface area contributed by atoms with Gasteiger partial charge in [-0.15, -0.1) is 0 Å². The van der Waals surface area contributed by atoms with Crippen molar-refractivity contribution in [1.82, 2.24) is 10.2 Å². The highest BCUT2D eigenvalue weighted by Gasteiger charge is 2.67. The first-order chi connectivity index (χ1) is 8.20. The monoisotopic (exact) mass is 265 g/mol. The topological polar surface area (TPSA) is 205 Å². The molecule has 0 aromatic carbocycles. The van der Waals surface area contributed by atoms with E-state index in [1.165, 1.54) is 0 Å². The molecule has 0 radical (unpaired) electrons. The largest absolute Gasteiger partial charge is 0.492 e. The Morgan fingerprint density at radius 2 is 1.50 bits per heavy atom. The van der Waals surface area contributed by atoms with Gasteiger partial charge in [0.25, 0.3) is 5.03 Å². The molecule has 15 heteroatoms. The summed E-state index contributed by atoms with van der Waals surface area (Å²) in [6, 6.07) is 0. The molecule has 1 aliphatic heterocycles. The lowest BCUT2D eigenvalue weighted by molar-refractivity contribution is -0.730. The fraction of sp³-hybridized carbons (Fsp3) is 0.333. The molecule has 0 saturated heterocycles. The summed E-state index contributed by atoms with van der Waals surface area (Å²) in [7, 11) is 0. The fourth-order valence-corrected chi connectivity index (χ4v) is 1.26. The minimum Gasteiger partial charge on any atom is -0.358 e. The Kier molecular flexibility index (Phi) is 3.02. The molecular weight excluding hydrogens is 262 g/mol. The van der Waals surface area contributed by atoms with Crippen LogP contribution in [0.2, 0.25) is 0 Å². The molecule has 0 bridgehead atoms. The van der Waals surface area contributed by atoms with Gasteiger partial charge in [0.05, 0.1) is 15.0 Å². The lowest BCUT2D eigenvalue weighted by Gasteiger charge is -2.08. The highest BCUT2D eigenvalue weighted by atomic mass is 16.7. The van der Waals surface area contributed by atoms with Crippen LogP contribution in [0.5, 0.6) is 0 Å². The van der Waals surface area contributed by atoms with Crippen LogP contribution in [0.3, 0.4) is 0 Å². The Morgan fingerprint density at radius 3 is 1.78 bits per heavy atom. The zero-order valence-electron chi connectivity index (χ0n) is 8.10. The summed E-state index contributed by atoms with van der Waals surface area (Å²) in [5.74, 6) is 3.22. The van der Waals surface area contributed by atoms with Gasteiger partial charge in [-0.3, -0.25) is 20.2 Å². The summed E-state index contributed by atoms with van der Waals surface area (Å²) in [6.45, 7) is 0. The van der Waals surface area contributed by atoms with Gasteiger partial charge in [0.1, 0.15) is 0 Å². The van der Waals surface area contributed by atoms with E-state index in [-0.39, 0.29) is 5.12 Å². The molecule has 1 heterocycles. The van der Waals surface area contributed by atoms with Crippen LogP contribution >= 0.6 is 0 Å². The Balaban J connectivity index is 3.53. The summed E-state index contributed by atoms with van der Waals surface area (Å²) in [6.07, 6.45) is -2.52. The van der Waals surface area contributed by atoms with Gasteiger partial charge in [-0.1, -0.05) is 0 Å². The molecule has 1 rings (SSSR count). The molecule has 0 amide bonds. The van der Waals surface area contributed by atoms with Crippen LogP contribution < -0.4 is 5.84 Å². The van der Waals surface area contributed by atoms with Crippen LogP contribution in [0.4, 0.5) is 0 Å². The summed E-state index contributed by atoms with van der Waals surface area (Å²) >= 11 is 0. The number of nitro groups is 4. The van der Waals surface area contributed by atoms with Crippen LogP contribution in [0, 0.1) is 40.5 Å². The van der Waals surface area contributed by atoms with Crippen molar-refractivity contribution in [2.45, 2.75) is 6.17 Å². The first-order valence-corrected chi connectivity index (χ1v) is 3.84. The first-order valence-electron chi connectivity index (χ1n) is 3.84. The van der Waals surface area contributed by atoms with Gasteiger partial charge in [0.15, 0.2) is 5.12 Å². The van der Waals surface area contributed by atoms with Gasteiger partial charge in [0.2, 0.25) is 0 Å². The maximum atomic E-state index is 10.6. The third-order valence-electron chi connectivity index (χ3n) is 1.86. The molecule has 1 atom stereocenters. The number of hydrazine groups is 3. The van der Waals surface area contributed by atoms with Crippen LogP contribution in [0.15, 0.2) is 11.5 Å². The van der Waals surface area contributed by atoms with E-state index in [2.05, 4.69) is 0 Å². The van der Waals surface area contributed by atoms with Crippen LogP contribution in [0.25, 0.3) is 0 Å². The van der Waals surface area contributed by atoms with Gasteiger partial charge in [0, 0.05) is 0 Å². The van der Waals surface area contributed by atoms with E-state index < -0.39 is 42.6 Å². The van der Waals surface area contributed by atoms with Crippen molar-refractivity contribution in [3.8, 4) is 0 Å². The molecular formula is C3H3N7O8. The normalized spacial score (nSPS) is 20.1. The molecule has 15 nitrogen and oxygen atoms in total. The van der Waals surface area contributed by atoms with E-state index in [1.54, 1.807) is 0 Å². The molecule has 2 N–H and O–H groups in total. The quantitative estimate of drug-likeness (QED) is 0.331. The van der Waals surface area contributed by atoms with Crippen LogP contribution in [0.1, 0.15) is 0 Å². The molecule has 0 aromatic heterocycles. The molecule has 1 aliphatic rings. The predicted molar refractivity (Wildman–Crippen MR) is 46.7 cm³/mol. The maximum absolute atomic E-state index is 10.6. The zero-order valence-corrected chi connectivity index (χ0v) is 8.10. The molecule has 18 heavy (non-hydrogen) atoms. The lowest BCUT2D eigenvalue weighted by Crippen LogP contribution is -2.53. The minimum absolute atomic E-state index is 0.309. The third-order valence-corrected chi connectivity index (χ3v) is 1.86. The Labute approximate surface area is 95.2 Å². The molecule has 98 valence electrons. The maximum Gasteiger partial charge on any atom is 0.492 e. The van der Waals surface area contributed by atoms with Crippen LogP contribution in [-0.2, 0) is 0 Å². The van der Waals surface area contributed by atoms with Gasteiger partial charge < -0.3 is 10.1 Å². The van der Waals surface area contributed by atoms with Gasteiger partial charge in [-0.25, -0.2) is 16.0 Å². The number of nitrogens with zero attached hydrogens (tertiary/aromatic N) is 6. The molecule has 0 fully saturated rings. The molecule has 0 saturated carbocycles. The van der Waals surface area contributed by atoms with Crippen molar-refractivity contribution < 1.29 is 19.8 Å². The van der Waals surface area contributed by atoms with E-state index in [4.69, 9.17) is 5.84 Å². The number of hydrogen-bond donors (Lipinski definition) is 1. The number of rotatable bonds is 4. The molecule has 0 aliphatic carbocycles. The standard InChI is InChI=1S/C3H3N7O8/c4-5-2(8(13)14)1(7(11)12)3(9(15)16)6(5)10(17)18/h2H,4H2. The van der Waals surface area contributed by atoms with E-state index in [1.807, 2.05) is 0 Å². The molecule has 0 aromatic rings. The van der Waals surface area contributed by atoms with Gasteiger partial charge in [-0.2, -0.15) is 0 Å². The van der Waals surface area contributed by atoms with Crippen molar-refractivity contribution in [2.24, 2.45) is 5.84 Å². The first kappa shape index (κ1) is 13.1. The van der Waals surface area contributed by atoms with Crippen molar-refractivity contribution in [3.63, 3.8) is 0 Å². The summed E-state index contributed by atoms with van der Waals surface area (Å²) in [5, 5.41) is 39.8. The highest BCUT2D eigenvalue weighted by Crippen LogP contribution is 2.27. The second kappa shape index (κ2) is 4.14. The van der Waals surface area contributed by atoms with Crippen molar-refractivity contribution in [2.75, 3.05) is 0 Å².